The van der Waals surface area contributed by atoms with E-state index in [1.54, 1.807) is 0 Å². The summed E-state index contributed by atoms with van der Waals surface area (Å²) in [5.74, 6) is -0.113. The average molecular weight is 303 g/mol. The van der Waals surface area contributed by atoms with E-state index in [2.05, 4.69) is 5.32 Å². The minimum Gasteiger partial charge on any atom is -0.401 e. The number of benzene rings is 1. The van der Waals surface area contributed by atoms with E-state index >= 15 is 0 Å². The molecule has 5 heteroatoms. The van der Waals surface area contributed by atoms with Crippen LogP contribution in [0.1, 0.15) is 52.7 Å². The molecule has 0 aliphatic carbocycles. The fourth-order valence-corrected chi connectivity index (χ4v) is 2.61. The molecule has 0 spiro atoms. The lowest BCUT2D eigenvalue weighted by Crippen LogP contribution is -2.55. The number of nitrogens with one attached hydrogen (secondary N) is 1. The summed E-state index contributed by atoms with van der Waals surface area (Å²) < 4.78 is 12.4. The Morgan fingerprint density at radius 2 is 1.55 bits per heavy atom. The number of amides is 1. The van der Waals surface area contributed by atoms with E-state index in [9.17, 15) is 4.79 Å². The van der Waals surface area contributed by atoms with Crippen LogP contribution in [0, 0.1) is 6.92 Å². The van der Waals surface area contributed by atoms with Gasteiger partial charge in [0.2, 0.25) is 5.91 Å². The smallest absolute Gasteiger partial charge is 0.401 e. The van der Waals surface area contributed by atoms with Gasteiger partial charge < -0.3 is 14.6 Å². The first-order valence-electron chi connectivity index (χ1n) is 7.69. The van der Waals surface area contributed by atoms with Gasteiger partial charge >= 0.3 is 7.12 Å². The first-order chi connectivity index (χ1) is 9.98. The Balaban J connectivity index is 2.43. The van der Waals surface area contributed by atoms with Gasteiger partial charge in [-0.3, -0.25) is 4.79 Å². The number of rotatable bonds is 3. The molecule has 1 heterocycles. The molecule has 2 rings (SSSR count). The maximum Gasteiger partial charge on any atom is 0.489 e. The van der Waals surface area contributed by atoms with Crippen molar-refractivity contribution in [2.24, 2.45) is 0 Å². The summed E-state index contributed by atoms with van der Waals surface area (Å²) in [5, 5.41) is 3.02. The Hall–Kier alpha value is -1.33. The summed E-state index contributed by atoms with van der Waals surface area (Å²) in [4.78, 5) is 11.8. The van der Waals surface area contributed by atoms with Gasteiger partial charge in [-0.15, -0.1) is 0 Å². The highest BCUT2D eigenvalue weighted by molar-refractivity contribution is 6.50. The van der Waals surface area contributed by atoms with Crippen molar-refractivity contribution >= 4 is 13.0 Å². The number of hydrogen-bond donors (Lipinski definition) is 1. The Morgan fingerprint density at radius 3 is 1.95 bits per heavy atom. The fraction of sp³-hybridized carbons (Fsp3) is 0.588. The van der Waals surface area contributed by atoms with Crippen LogP contribution >= 0.6 is 0 Å². The number of carbonyl (C=O) groups is 1. The van der Waals surface area contributed by atoms with Gasteiger partial charge in [0.1, 0.15) is 0 Å². The third-order valence-electron chi connectivity index (χ3n) is 4.81. The molecule has 1 amide bonds. The fourth-order valence-electron chi connectivity index (χ4n) is 2.61. The van der Waals surface area contributed by atoms with E-state index in [0.717, 1.165) is 5.56 Å². The summed E-state index contributed by atoms with van der Waals surface area (Å²) in [6.45, 7) is 13.5. The Morgan fingerprint density at radius 1 is 1.09 bits per heavy atom. The highest BCUT2D eigenvalue weighted by atomic mass is 16.7. The van der Waals surface area contributed by atoms with Gasteiger partial charge in [-0.25, -0.2) is 0 Å². The van der Waals surface area contributed by atoms with Crippen molar-refractivity contribution in [1.29, 1.82) is 0 Å². The Labute approximate surface area is 133 Å². The van der Waals surface area contributed by atoms with E-state index in [0.29, 0.717) is 0 Å². The third kappa shape index (κ3) is 2.92. The highest BCUT2D eigenvalue weighted by Gasteiger charge is 2.59. The van der Waals surface area contributed by atoms with E-state index in [1.165, 1.54) is 12.5 Å². The molecular weight excluding hydrogens is 277 g/mol. The maximum atomic E-state index is 11.8. The van der Waals surface area contributed by atoms with Crippen LogP contribution in [0.2, 0.25) is 0 Å². The van der Waals surface area contributed by atoms with Crippen molar-refractivity contribution in [3.05, 3.63) is 35.4 Å². The predicted octanol–water partition coefficient (Wildman–Crippen LogP) is 2.98. The second-order valence-electron chi connectivity index (χ2n) is 7.34. The first kappa shape index (κ1) is 17.0. The van der Waals surface area contributed by atoms with E-state index in [-0.39, 0.29) is 5.91 Å². The summed E-state index contributed by atoms with van der Waals surface area (Å²) in [5.41, 5.74) is 0.504. The molecule has 1 aliphatic rings. The first-order valence-corrected chi connectivity index (χ1v) is 7.69. The number of hydrogen-bond acceptors (Lipinski definition) is 3. The molecule has 0 radical (unpaired) electrons. The molecule has 1 aromatic carbocycles. The van der Waals surface area contributed by atoms with Crippen LogP contribution in [0.4, 0.5) is 0 Å². The molecule has 120 valence electrons. The molecule has 1 unspecified atom stereocenters. The van der Waals surface area contributed by atoms with Gasteiger partial charge in [0.15, 0.2) is 0 Å². The zero-order valence-electron chi connectivity index (χ0n) is 14.6. The van der Waals surface area contributed by atoms with Gasteiger partial charge in [-0.05, 0) is 47.1 Å². The van der Waals surface area contributed by atoms with E-state index < -0.39 is 23.8 Å². The minimum atomic E-state index is -0.745. The quantitative estimate of drug-likeness (QED) is 0.873. The molecule has 0 bridgehead atoms. The summed E-state index contributed by atoms with van der Waals surface area (Å²) in [7, 11) is -0.552. The van der Waals surface area contributed by atoms with Crippen LogP contribution < -0.4 is 5.32 Å². The zero-order chi connectivity index (χ0) is 16.8. The van der Waals surface area contributed by atoms with Crippen LogP contribution in [0.5, 0.6) is 0 Å². The third-order valence-corrected chi connectivity index (χ3v) is 4.81. The number of aryl methyl sites for hydroxylation is 1. The lowest BCUT2D eigenvalue weighted by Gasteiger charge is -2.33. The summed E-state index contributed by atoms with van der Waals surface area (Å²) in [6.07, 6.45) is 0. The second-order valence-corrected chi connectivity index (χ2v) is 7.34. The SMILES string of the molecule is CC(=O)NC(C)(B1OC(C)(C)C(C)(C)O1)c1ccc(C)cc1. The molecule has 1 fully saturated rings. The maximum absolute atomic E-state index is 11.8. The minimum absolute atomic E-state index is 0.113. The lowest BCUT2D eigenvalue weighted by molar-refractivity contribution is -0.120. The Bertz CT molecular complexity index is 552. The van der Waals surface area contributed by atoms with Crippen molar-refractivity contribution in [1.82, 2.24) is 5.32 Å². The van der Waals surface area contributed by atoms with Crippen molar-refractivity contribution < 1.29 is 14.1 Å². The van der Waals surface area contributed by atoms with Crippen molar-refractivity contribution in [2.45, 2.75) is 65.1 Å². The van der Waals surface area contributed by atoms with Gasteiger partial charge in [-0.1, -0.05) is 29.8 Å². The molecule has 1 saturated heterocycles. The molecule has 0 saturated carbocycles. The van der Waals surface area contributed by atoms with Crippen LogP contribution in [-0.2, 0) is 19.5 Å². The largest absolute Gasteiger partial charge is 0.489 e. The standard InChI is InChI=1S/C17H26BNO3/c1-12-8-10-14(11-9-12)17(7,19-13(2)20)18-21-15(3,4)16(5,6)22-18/h8-11H,1-7H3,(H,19,20). The summed E-state index contributed by atoms with van der Waals surface area (Å²) >= 11 is 0. The molecule has 1 N–H and O–H groups in total. The van der Waals surface area contributed by atoms with Crippen LogP contribution in [0.15, 0.2) is 24.3 Å². The monoisotopic (exact) mass is 303 g/mol. The topological polar surface area (TPSA) is 47.6 Å². The van der Waals surface area contributed by atoms with Crippen LogP contribution in [-0.4, -0.2) is 24.2 Å². The number of carbonyl (C=O) groups excluding carboxylic acids is 1. The lowest BCUT2D eigenvalue weighted by atomic mass is 9.61. The van der Waals surface area contributed by atoms with Crippen molar-refractivity contribution in [3.63, 3.8) is 0 Å². The Kier molecular flexibility index (Phi) is 4.17. The predicted molar refractivity (Wildman–Crippen MR) is 88.4 cm³/mol. The van der Waals surface area contributed by atoms with Gasteiger partial charge in [0, 0.05) is 6.92 Å². The van der Waals surface area contributed by atoms with Crippen LogP contribution in [0.25, 0.3) is 0 Å². The molecule has 1 atom stereocenters. The molecule has 0 aromatic heterocycles. The molecule has 1 aliphatic heterocycles. The zero-order valence-corrected chi connectivity index (χ0v) is 14.6. The molecule has 22 heavy (non-hydrogen) atoms. The van der Waals surface area contributed by atoms with Gasteiger partial charge in [0.25, 0.3) is 0 Å². The van der Waals surface area contributed by atoms with E-state index in [1.807, 2.05) is 65.8 Å². The summed E-state index contributed by atoms with van der Waals surface area (Å²) in [6, 6.07) is 8.08. The molecule has 1 aromatic rings. The van der Waals surface area contributed by atoms with E-state index in [4.69, 9.17) is 9.31 Å². The van der Waals surface area contributed by atoms with Crippen molar-refractivity contribution in [3.8, 4) is 0 Å². The van der Waals surface area contributed by atoms with Gasteiger partial charge in [0.05, 0.1) is 16.6 Å². The average Bonchev–Trinajstić information content (AvgIpc) is 2.58. The second kappa shape index (κ2) is 5.39. The molecule has 4 nitrogen and oxygen atoms in total. The van der Waals surface area contributed by atoms with Crippen molar-refractivity contribution in [2.75, 3.05) is 0 Å². The molecular formula is C17H26BNO3. The van der Waals surface area contributed by atoms with Gasteiger partial charge in [-0.2, -0.15) is 0 Å². The van der Waals surface area contributed by atoms with Crippen LogP contribution in [0.3, 0.4) is 0 Å². The normalized spacial score (nSPS) is 22.2. The highest BCUT2D eigenvalue weighted by Crippen LogP contribution is 2.42.